The SMILES string of the molecule is Cc1nc(N/N=C/c2ccc(Br)cc2)cc(N2CCCCC2)n1. The molecule has 0 unspecified atom stereocenters. The minimum atomic E-state index is 0.728. The Kier molecular flexibility index (Phi) is 5.23. The molecular formula is C17H20BrN5. The summed E-state index contributed by atoms with van der Waals surface area (Å²) in [5.74, 6) is 2.47. The second-order valence-electron chi connectivity index (χ2n) is 5.63. The maximum atomic E-state index is 4.55. The fourth-order valence-electron chi connectivity index (χ4n) is 2.62. The summed E-state index contributed by atoms with van der Waals surface area (Å²) in [5, 5.41) is 4.27. The highest BCUT2D eigenvalue weighted by atomic mass is 79.9. The van der Waals surface area contributed by atoms with Gasteiger partial charge in [0.25, 0.3) is 0 Å². The van der Waals surface area contributed by atoms with Crippen molar-refractivity contribution in [1.82, 2.24) is 9.97 Å². The fourth-order valence-corrected chi connectivity index (χ4v) is 2.88. The van der Waals surface area contributed by atoms with Crippen molar-refractivity contribution in [3.8, 4) is 0 Å². The number of nitrogens with zero attached hydrogens (tertiary/aromatic N) is 4. The number of rotatable bonds is 4. The molecule has 23 heavy (non-hydrogen) atoms. The van der Waals surface area contributed by atoms with Crippen LogP contribution in [0.3, 0.4) is 0 Å². The number of nitrogens with one attached hydrogen (secondary N) is 1. The van der Waals surface area contributed by atoms with E-state index in [1.54, 1.807) is 6.21 Å². The normalized spacial score (nSPS) is 15.1. The van der Waals surface area contributed by atoms with Gasteiger partial charge in [0.05, 0.1) is 6.21 Å². The minimum Gasteiger partial charge on any atom is -0.356 e. The van der Waals surface area contributed by atoms with Crippen molar-refractivity contribution in [3.05, 3.63) is 46.2 Å². The first-order chi connectivity index (χ1) is 11.2. The molecule has 1 fully saturated rings. The predicted octanol–water partition coefficient (Wildman–Crippen LogP) is 3.98. The summed E-state index contributed by atoms with van der Waals surface area (Å²) in [6, 6.07) is 9.95. The number of anilines is 2. The Bertz CT molecular complexity index is 678. The van der Waals surface area contributed by atoms with Crippen LogP contribution in [0.2, 0.25) is 0 Å². The molecule has 0 amide bonds. The number of benzene rings is 1. The zero-order chi connectivity index (χ0) is 16.1. The van der Waals surface area contributed by atoms with Gasteiger partial charge >= 0.3 is 0 Å². The molecule has 1 aliphatic heterocycles. The Balaban J connectivity index is 1.69. The maximum Gasteiger partial charge on any atom is 0.152 e. The van der Waals surface area contributed by atoms with Crippen LogP contribution in [0.1, 0.15) is 30.7 Å². The van der Waals surface area contributed by atoms with Gasteiger partial charge in [-0.05, 0) is 43.9 Å². The van der Waals surface area contributed by atoms with E-state index in [9.17, 15) is 0 Å². The van der Waals surface area contributed by atoms with Crippen LogP contribution in [-0.4, -0.2) is 29.3 Å². The van der Waals surface area contributed by atoms with Gasteiger partial charge in [-0.15, -0.1) is 0 Å². The van der Waals surface area contributed by atoms with Crippen molar-refractivity contribution in [3.63, 3.8) is 0 Å². The van der Waals surface area contributed by atoms with E-state index in [0.717, 1.165) is 40.6 Å². The van der Waals surface area contributed by atoms with E-state index >= 15 is 0 Å². The Morgan fingerprint density at radius 3 is 2.61 bits per heavy atom. The van der Waals surface area contributed by atoms with E-state index in [0.29, 0.717) is 0 Å². The maximum absolute atomic E-state index is 4.55. The third-order valence-corrected chi connectivity index (χ3v) is 4.30. The van der Waals surface area contributed by atoms with Crippen LogP contribution >= 0.6 is 15.9 Å². The lowest BCUT2D eigenvalue weighted by molar-refractivity contribution is 0.572. The van der Waals surface area contributed by atoms with E-state index in [1.165, 1.54) is 19.3 Å². The van der Waals surface area contributed by atoms with Crippen LogP contribution in [-0.2, 0) is 0 Å². The molecule has 120 valence electrons. The minimum absolute atomic E-state index is 0.728. The molecular weight excluding hydrogens is 354 g/mol. The topological polar surface area (TPSA) is 53.4 Å². The molecule has 0 bridgehead atoms. The first-order valence-electron chi connectivity index (χ1n) is 7.86. The number of hydrogen-bond acceptors (Lipinski definition) is 5. The molecule has 1 aliphatic rings. The summed E-state index contributed by atoms with van der Waals surface area (Å²) in [6.45, 7) is 4.05. The Hall–Kier alpha value is -1.95. The highest BCUT2D eigenvalue weighted by Gasteiger charge is 2.13. The number of aromatic nitrogens is 2. The smallest absolute Gasteiger partial charge is 0.152 e. The van der Waals surface area contributed by atoms with E-state index < -0.39 is 0 Å². The molecule has 1 saturated heterocycles. The molecule has 1 N–H and O–H groups in total. The van der Waals surface area contributed by atoms with E-state index in [1.807, 2.05) is 37.3 Å². The van der Waals surface area contributed by atoms with Crippen molar-refractivity contribution >= 4 is 33.8 Å². The van der Waals surface area contributed by atoms with Gasteiger partial charge in [-0.3, -0.25) is 5.43 Å². The van der Waals surface area contributed by atoms with Crippen molar-refractivity contribution < 1.29 is 0 Å². The lowest BCUT2D eigenvalue weighted by Crippen LogP contribution is -2.30. The summed E-state index contributed by atoms with van der Waals surface area (Å²) >= 11 is 3.42. The lowest BCUT2D eigenvalue weighted by Gasteiger charge is -2.27. The third-order valence-electron chi connectivity index (χ3n) is 3.77. The predicted molar refractivity (Wildman–Crippen MR) is 98.2 cm³/mol. The highest BCUT2D eigenvalue weighted by Crippen LogP contribution is 2.20. The van der Waals surface area contributed by atoms with Crippen molar-refractivity contribution in [2.24, 2.45) is 5.10 Å². The van der Waals surface area contributed by atoms with Gasteiger partial charge in [0.2, 0.25) is 0 Å². The standard InChI is InChI=1S/C17H20BrN5/c1-13-20-16(11-17(21-13)23-9-3-2-4-10-23)22-19-12-14-5-7-15(18)8-6-14/h5-8,11-12H,2-4,9-10H2,1H3,(H,20,21,22)/b19-12+. The molecule has 1 aromatic heterocycles. The number of halogens is 1. The molecule has 0 atom stereocenters. The van der Waals surface area contributed by atoms with Crippen LogP contribution in [0.25, 0.3) is 0 Å². The molecule has 3 rings (SSSR count). The summed E-state index contributed by atoms with van der Waals surface area (Å²) in [6.07, 6.45) is 5.55. The van der Waals surface area contributed by atoms with Crippen molar-refractivity contribution in [2.45, 2.75) is 26.2 Å². The molecule has 0 spiro atoms. The van der Waals surface area contributed by atoms with E-state index in [2.05, 4.69) is 41.3 Å². The number of hydrogen-bond donors (Lipinski definition) is 1. The first-order valence-corrected chi connectivity index (χ1v) is 8.65. The molecule has 1 aromatic carbocycles. The lowest BCUT2D eigenvalue weighted by atomic mass is 10.1. The molecule has 0 aliphatic carbocycles. The van der Waals surface area contributed by atoms with Crippen LogP contribution in [0.5, 0.6) is 0 Å². The number of aryl methyl sites for hydroxylation is 1. The van der Waals surface area contributed by atoms with Crippen LogP contribution in [0.15, 0.2) is 39.9 Å². The van der Waals surface area contributed by atoms with E-state index in [-0.39, 0.29) is 0 Å². The summed E-state index contributed by atoms with van der Waals surface area (Å²) in [4.78, 5) is 11.3. The largest absolute Gasteiger partial charge is 0.356 e. The summed E-state index contributed by atoms with van der Waals surface area (Å²) in [5.41, 5.74) is 4.04. The van der Waals surface area contributed by atoms with Crippen LogP contribution < -0.4 is 10.3 Å². The molecule has 0 saturated carbocycles. The molecule has 6 heteroatoms. The molecule has 0 radical (unpaired) electrons. The van der Waals surface area contributed by atoms with Gasteiger partial charge in [0.15, 0.2) is 5.82 Å². The van der Waals surface area contributed by atoms with Gasteiger partial charge in [0.1, 0.15) is 11.6 Å². The van der Waals surface area contributed by atoms with Crippen LogP contribution in [0, 0.1) is 6.92 Å². The fraction of sp³-hybridized carbons (Fsp3) is 0.353. The number of hydrazone groups is 1. The average Bonchev–Trinajstić information content (AvgIpc) is 2.57. The molecule has 2 heterocycles. The Morgan fingerprint density at radius 1 is 1.13 bits per heavy atom. The molecule has 2 aromatic rings. The highest BCUT2D eigenvalue weighted by molar-refractivity contribution is 9.10. The van der Waals surface area contributed by atoms with Gasteiger partial charge in [0, 0.05) is 23.6 Å². The average molecular weight is 374 g/mol. The Morgan fingerprint density at radius 2 is 1.87 bits per heavy atom. The van der Waals surface area contributed by atoms with Gasteiger partial charge in [-0.1, -0.05) is 28.1 Å². The van der Waals surface area contributed by atoms with Crippen molar-refractivity contribution in [1.29, 1.82) is 0 Å². The van der Waals surface area contributed by atoms with Crippen molar-refractivity contribution in [2.75, 3.05) is 23.4 Å². The monoisotopic (exact) mass is 373 g/mol. The number of piperidine rings is 1. The quantitative estimate of drug-likeness (QED) is 0.650. The first kappa shape index (κ1) is 15.9. The Labute approximate surface area is 145 Å². The zero-order valence-corrected chi connectivity index (χ0v) is 14.8. The zero-order valence-electron chi connectivity index (χ0n) is 13.2. The van der Waals surface area contributed by atoms with Crippen LogP contribution in [0.4, 0.5) is 11.6 Å². The molecule has 5 nitrogen and oxygen atoms in total. The second-order valence-corrected chi connectivity index (χ2v) is 6.54. The van der Waals surface area contributed by atoms with Gasteiger partial charge < -0.3 is 4.90 Å². The van der Waals surface area contributed by atoms with Gasteiger partial charge in [-0.25, -0.2) is 9.97 Å². The van der Waals surface area contributed by atoms with Gasteiger partial charge in [-0.2, -0.15) is 5.10 Å². The second kappa shape index (κ2) is 7.55. The third kappa shape index (κ3) is 4.51. The summed E-state index contributed by atoms with van der Waals surface area (Å²) < 4.78 is 1.06. The van der Waals surface area contributed by atoms with E-state index in [4.69, 9.17) is 0 Å². The summed E-state index contributed by atoms with van der Waals surface area (Å²) in [7, 11) is 0.